The van der Waals surface area contributed by atoms with E-state index in [0.29, 0.717) is 12.2 Å². The standard InChI is InChI=1S/C12H15FO3/c1-7-3-4-8(13)5-10(7)16-11-6-9(14)12(11)15-2/h3-5,9,11-12,14H,6H2,1-2H3. The maximum absolute atomic E-state index is 13.0. The molecule has 3 unspecified atom stereocenters. The SMILES string of the molecule is COC1C(O)CC1Oc1cc(F)ccc1C. The number of hydrogen-bond donors (Lipinski definition) is 1. The summed E-state index contributed by atoms with van der Waals surface area (Å²) in [6.07, 6.45) is -0.471. The molecule has 4 heteroatoms. The molecule has 0 radical (unpaired) electrons. The molecule has 88 valence electrons. The predicted molar refractivity (Wildman–Crippen MR) is 57.0 cm³/mol. The zero-order valence-corrected chi connectivity index (χ0v) is 9.31. The summed E-state index contributed by atoms with van der Waals surface area (Å²) in [5.74, 6) is 0.188. The Balaban J connectivity index is 2.07. The van der Waals surface area contributed by atoms with Crippen LogP contribution < -0.4 is 4.74 Å². The lowest BCUT2D eigenvalue weighted by Gasteiger charge is -2.40. The number of hydrogen-bond acceptors (Lipinski definition) is 3. The van der Waals surface area contributed by atoms with Gasteiger partial charge >= 0.3 is 0 Å². The number of aliphatic hydroxyl groups excluding tert-OH is 1. The van der Waals surface area contributed by atoms with Crippen LogP contribution >= 0.6 is 0 Å². The Hall–Kier alpha value is -1.13. The Labute approximate surface area is 93.8 Å². The van der Waals surface area contributed by atoms with E-state index in [2.05, 4.69) is 0 Å². The van der Waals surface area contributed by atoms with Gasteiger partial charge in [-0.3, -0.25) is 0 Å². The first kappa shape index (κ1) is 11.4. The Kier molecular flexibility index (Phi) is 3.12. The van der Waals surface area contributed by atoms with E-state index in [9.17, 15) is 9.50 Å². The van der Waals surface area contributed by atoms with Gasteiger partial charge < -0.3 is 14.6 Å². The highest BCUT2D eigenvalue weighted by atomic mass is 19.1. The minimum Gasteiger partial charge on any atom is -0.487 e. The van der Waals surface area contributed by atoms with Gasteiger partial charge in [0.05, 0.1) is 6.10 Å². The van der Waals surface area contributed by atoms with Crippen LogP contribution in [-0.2, 0) is 4.74 Å². The number of rotatable bonds is 3. The van der Waals surface area contributed by atoms with Crippen molar-refractivity contribution < 1.29 is 19.0 Å². The van der Waals surface area contributed by atoms with Crippen LogP contribution in [0.2, 0.25) is 0 Å². The molecule has 0 amide bonds. The summed E-state index contributed by atoms with van der Waals surface area (Å²) in [5, 5.41) is 9.40. The zero-order chi connectivity index (χ0) is 11.7. The second-order valence-electron chi connectivity index (χ2n) is 4.07. The summed E-state index contributed by atoms with van der Waals surface area (Å²) in [5.41, 5.74) is 0.873. The summed E-state index contributed by atoms with van der Waals surface area (Å²) in [6, 6.07) is 4.42. The van der Waals surface area contributed by atoms with Crippen LogP contribution in [0.5, 0.6) is 5.75 Å². The molecule has 1 fully saturated rings. The minimum atomic E-state index is -0.483. The van der Waals surface area contributed by atoms with E-state index in [1.54, 1.807) is 6.07 Å². The van der Waals surface area contributed by atoms with Crippen LogP contribution in [0, 0.1) is 12.7 Å². The van der Waals surface area contributed by atoms with Gasteiger partial charge in [0.15, 0.2) is 0 Å². The van der Waals surface area contributed by atoms with Crippen molar-refractivity contribution in [3.63, 3.8) is 0 Å². The largest absolute Gasteiger partial charge is 0.487 e. The lowest BCUT2D eigenvalue weighted by atomic mass is 9.88. The normalized spacial score (nSPS) is 28.6. The number of aliphatic hydroxyl groups is 1. The van der Waals surface area contributed by atoms with Gasteiger partial charge in [0.25, 0.3) is 0 Å². The molecular formula is C12H15FO3. The molecule has 0 heterocycles. The van der Waals surface area contributed by atoms with Crippen molar-refractivity contribution in [3.8, 4) is 5.75 Å². The molecule has 3 atom stereocenters. The van der Waals surface area contributed by atoms with Crippen molar-refractivity contribution in [1.29, 1.82) is 0 Å². The van der Waals surface area contributed by atoms with E-state index >= 15 is 0 Å². The zero-order valence-electron chi connectivity index (χ0n) is 9.31. The molecular weight excluding hydrogens is 211 g/mol. The summed E-state index contributed by atoms with van der Waals surface area (Å²) in [7, 11) is 1.53. The van der Waals surface area contributed by atoms with Crippen LogP contribution in [0.1, 0.15) is 12.0 Å². The van der Waals surface area contributed by atoms with Crippen molar-refractivity contribution in [2.24, 2.45) is 0 Å². The van der Waals surface area contributed by atoms with E-state index < -0.39 is 6.10 Å². The van der Waals surface area contributed by atoms with Gasteiger partial charge in [-0.15, -0.1) is 0 Å². The molecule has 0 aromatic heterocycles. The third kappa shape index (κ3) is 2.03. The quantitative estimate of drug-likeness (QED) is 0.852. The van der Waals surface area contributed by atoms with Crippen molar-refractivity contribution >= 4 is 0 Å². The Morgan fingerprint density at radius 1 is 1.44 bits per heavy atom. The van der Waals surface area contributed by atoms with Gasteiger partial charge in [0.1, 0.15) is 23.8 Å². The summed E-state index contributed by atoms with van der Waals surface area (Å²) in [6.45, 7) is 1.85. The van der Waals surface area contributed by atoms with Crippen LogP contribution in [0.25, 0.3) is 0 Å². The van der Waals surface area contributed by atoms with E-state index in [0.717, 1.165) is 5.56 Å². The van der Waals surface area contributed by atoms with E-state index in [1.165, 1.54) is 19.2 Å². The summed E-state index contributed by atoms with van der Waals surface area (Å²) in [4.78, 5) is 0. The maximum atomic E-state index is 13.0. The summed E-state index contributed by atoms with van der Waals surface area (Å²) >= 11 is 0. The first-order chi connectivity index (χ1) is 7.61. The highest BCUT2D eigenvalue weighted by Gasteiger charge is 2.42. The maximum Gasteiger partial charge on any atom is 0.130 e. The van der Waals surface area contributed by atoms with Gasteiger partial charge in [-0.1, -0.05) is 6.07 Å². The van der Waals surface area contributed by atoms with E-state index in [1.807, 2.05) is 6.92 Å². The fourth-order valence-electron chi connectivity index (χ4n) is 1.85. The molecule has 2 rings (SSSR count). The number of benzene rings is 1. The van der Waals surface area contributed by atoms with Crippen molar-refractivity contribution in [2.75, 3.05) is 7.11 Å². The van der Waals surface area contributed by atoms with Gasteiger partial charge in [-0.05, 0) is 18.6 Å². The predicted octanol–water partition coefficient (Wildman–Crippen LogP) is 1.66. The van der Waals surface area contributed by atoms with Crippen LogP contribution in [0.3, 0.4) is 0 Å². The van der Waals surface area contributed by atoms with Crippen molar-refractivity contribution in [2.45, 2.75) is 31.7 Å². The molecule has 1 N–H and O–H groups in total. The molecule has 0 bridgehead atoms. The Bertz CT molecular complexity index is 381. The number of methoxy groups -OCH3 is 1. The summed E-state index contributed by atoms with van der Waals surface area (Å²) < 4.78 is 23.7. The molecule has 1 aliphatic rings. The fraction of sp³-hybridized carbons (Fsp3) is 0.500. The molecule has 3 nitrogen and oxygen atoms in total. The van der Waals surface area contributed by atoms with Crippen molar-refractivity contribution in [3.05, 3.63) is 29.6 Å². The second kappa shape index (κ2) is 4.39. The topological polar surface area (TPSA) is 38.7 Å². The Morgan fingerprint density at radius 3 is 2.81 bits per heavy atom. The van der Waals surface area contributed by atoms with Crippen LogP contribution in [-0.4, -0.2) is 30.5 Å². The molecule has 16 heavy (non-hydrogen) atoms. The van der Waals surface area contributed by atoms with Crippen LogP contribution in [0.15, 0.2) is 18.2 Å². The van der Waals surface area contributed by atoms with Gasteiger partial charge in [0, 0.05) is 19.6 Å². The third-order valence-corrected chi connectivity index (χ3v) is 2.92. The lowest BCUT2D eigenvalue weighted by Crippen LogP contribution is -2.54. The average Bonchev–Trinajstić information content (AvgIpc) is 2.23. The second-order valence-corrected chi connectivity index (χ2v) is 4.07. The number of aryl methyl sites for hydroxylation is 1. The minimum absolute atomic E-state index is 0.194. The molecule has 0 saturated heterocycles. The fourth-order valence-corrected chi connectivity index (χ4v) is 1.85. The van der Waals surface area contributed by atoms with Gasteiger partial charge in [-0.2, -0.15) is 0 Å². The van der Waals surface area contributed by atoms with E-state index in [-0.39, 0.29) is 18.0 Å². The average molecular weight is 226 g/mol. The molecule has 0 spiro atoms. The Morgan fingerprint density at radius 2 is 2.19 bits per heavy atom. The first-order valence-electron chi connectivity index (χ1n) is 5.25. The molecule has 0 aliphatic heterocycles. The molecule has 1 saturated carbocycles. The van der Waals surface area contributed by atoms with Gasteiger partial charge in [-0.25, -0.2) is 4.39 Å². The third-order valence-electron chi connectivity index (χ3n) is 2.92. The number of ether oxygens (including phenoxy) is 2. The molecule has 1 aromatic carbocycles. The van der Waals surface area contributed by atoms with Crippen molar-refractivity contribution in [1.82, 2.24) is 0 Å². The highest BCUT2D eigenvalue weighted by Crippen LogP contribution is 2.30. The number of halogens is 1. The highest BCUT2D eigenvalue weighted by molar-refractivity contribution is 5.33. The monoisotopic (exact) mass is 226 g/mol. The van der Waals surface area contributed by atoms with Gasteiger partial charge in [0.2, 0.25) is 0 Å². The first-order valence-corrected chi connectivity index (χ1v) is 5.25. The van der Waals surface area contributed by atoms with E-state index in [4.69, 9.17) is 9.47 Å². The molecule has 1 aromatic rings. The molecule has 1 aliphatic carbocycles. The smallest absolute Gasteiger partial charge is 0.130 e. The van der Waals surface area contributed by atoms with Crippen LogP contribution in [0.4, 0.5) is 4.39 Å². The lowest BCUT2D eigenvalue weighted by molar-refractivity contribution is -0.149.